The number of carboxylic acid groups (broad SMARTS) is 1. The number of carbonyl (C=O) groups is 1. The third-order valence-corrected chi connectivity index (χ3v) is 0.897. The first-order chi connectivity index (χ1) is 4.30. The third-order valence-electron chi connectivity index (χ3n) is 0.897. The fourth-order valence-corrected chi connectivity index (χ4v) is 0.484. The summed E-state index contributed by atoms with van der Waals surface area (Å²) in [5, 5.41) is 10.0. The van der Waals surface area contributed by atoms with Crippen LogP contribution in [0.15, 0.2) is 24.5 Å². The van der Waals surface area contributed by atoms with Crippen molar-refractivity contribution in [2.75, 3.05) is 0 Å². The molecule has 0 radical (unpaired) electrons. The van der Waals surface area contributed by atoms with Crippen LogP contribution in [0.5, 0.6) is 0 Å². The van der Waals surface area contributed by atoms with Gasteiger partial charge in [-0.1, -0.05) is 6.07 Å². The van der Waals surface area contributed by atoms with E-state index in [0.717, 1.165) is 0 Å². The molecule has 0 aliphatic carbocycles. The molecule has 4 heteroatoms. The molecule has 0 aliphatic heterocycles. The number of pyridine rings is 1. The van der Waals surface area contributed by atoms with Gasteiger partial charge in [0.25, 0.3) is 0 Å². The van der Waals surface area contributed by atoms with E-state index in [0.29, 0.717) is 0 Å². The number of carboxylic acids is 1. The molecule has 0 spiro atoms. The second kappa shape index (κ2) is 4.24. The number of aromatic nitrogens is 1. The Morgan fingerprint density at radius 2 is 2.30 bits per heavy atom. The van der Waals surface area contributed by atoms with Gasteiger partial charge in [0.1, 0.15) is 0 Å². The molecule has 1 heterocycles. The minimum Gasteiger partial charge on any atom is -0.545 e. The second-order valence-corrected chi connectivity index (χ2v) is 1.53. The molecule has 0 N–H and O–H groups in total. The summed E-state index contributed by atoms with van der Waals surface area (Å²) in [6.45, 7) is 0. The van der Waals surface area contributed by atoms with E-state index in [1.165, 1.54) is 18.5 Å². The maximum Gasteiger partial charge on any atom is 2.00 e. The van der Waals surface area contributed by atoms with Gasteiger partial charge in [0.05, 0.1) is 5.97 Å². The van der Waals surface area contributed by atoms with E-state index in [2.05, 4.69) is 4.98 Å². The zero-order chi connectivity index (χ0) is 6.69. The Morgan fingerprint density at radius 3 is 2.60 bits per heavy atom. The van der Waals surface area contributed by atoms with Gasteiger partial charge in [0.15, 0.2) is 0 Å². The van der Waals surface area contributed by atoms with E-state index in [9.17, 15) is 9.90 Å². The van der Waals surface area contributed by atoms with Crippen LogP contribution in [-0.2, 0) is 0 Å². The van der Waals surface area contributed by atoms with Gasteiger partial charge in [-0.3, -0.25) is 4.98 Å². The second-order valence-electron chi connectivity index (χ2n) is 1.53. The number of nitrogens with zero attached hydrogens (tertiary/aromatic N) is 1. The minimum absolute atomic E-state index is 0. The summed E-state index contributed by atoms with van der Waals surface area (Å²) in [5.41, 5.74) is 0.109. The Bertz CT molecular complexity index is 212. The van der Waals surface area contributed by atoms with E-state index in [4.69, 9.17) is 0 Å². The van der Waals surface area contributed by atoms with Gasteiger partial charge in [-0.25, -0.2) is 0 Å². The van der Waals surface area contributed by atoms with Crippen LogP contribution in [0.2, 0.25) is 0 Å². The molecule has 0 aliphatic rings. The zero-order valence-electron chi connectivity index (χ0n) is 5.28. The molecule has 10 heavy (non-hydrogen) atoms. The molecule has 0 aromatic carbocycles. The quantitative estimate of drug-likeness (QED) is 0.481. The summed E-state index contributed by atoms with van der Waals surface area (Å²) in [6, 6.07) is 2.98. The molecule has 0 amide bonds. The van der Waals surface area contributed by atoms with Crippen LogP contribution in [0.3, 0.4) is 0 Å². The van der Waals surface area contributed by atoms with Gasteiger partial charge in [-0.15, -0.1) is 0 Å². The standard InChI is InChI=1S/C6H5NO2.Mg/c8-6(9)5-2-1-3-7-4-5;/h1-4H,(H,8,9);/q;+2/p-1. The van der Waals surface area contributed by atoms with E-state index in [-0.39, 0.29) is 28.6 Å². The molecule has 1 aromatic rings. The smallest absolute Gasteiger partial charge is 0.545 e. The largest absolute Gasteiger partial charge is 2.00 e. The molecular formula is C6H4MgNO2+. The fraction of sp³-hybridized carbons (Fsp3) is 0. The summed E-state index contributed by atoms with van der Waals surface area (Å²) in [7, 11) is 0. The van der Waals surface area contributed by atoms with Gasteiger partial charge in [-0.2, -0.15) is 0 Å². The number of hydrogen-bond donors (Lipinski definition) is 0. The topological polar surface area (TPSA) is 53.0 Å². The van der Waals surface area contributed by atoms with Crippen LogP contribution in [0, 0.1) is 0 Å². The van der Waals surface area contributed by atoms with E-state index >= 15 is 0 Å². The Labute approximate surface area is 74.2 Å². The number of hydrogen-bond acceptors (Lipinski definition) is 3. The summed E-state index contributed by atoms with van der Waals surface area (Å²) < 4.78 is 0. The van der Waals surface area contributed by atoms with E-state index in [1.54, 1.807) is 6.07 Å². The van der Waals surface area contributed by atoms with Crippen LogP contribution in [0.1, 0.15) is 10.4 Å². The van der Waals surface area contributed by atoms with Gasteiger partial charge in [0.2, 0.25) is 0 Å². The minimum atomic E-state index is -1.19. The monoisotopic (exact) mass is 146 g/mol. The van der Waals surface area contributed by atoms with Crippen molar-refractivity contribution in [2.45, 2.75) is 0 Å². The molecule has 1 aromatic heterocycles. The average molecular weight is 146 g/mol. The number of carbonyl (C=O) groups excluding carboxylic acids is 1. The first-order valence-corrected chi connectivity index (χ1v) is 2.42. The Kier molecular flexibility index (Phi) is 3.98. The molecule has 0 fully saturated rings. The molecule has 0 saturated carbocycles. The normalized spacial score (nSPS) is 8.00. The Morgan fingerprint density at radius 1 is 1.60 bits per heavy atom. The van der Waals surface area contributed by atoms with Crippen LogP contribution in [0.25, 0.3) is 0 Å². The summed E-state index contributed by atoms with van der Waals surface area (Å²) >= 11 is 0. The van der Waals surface area contributed by atoms with Crippen molar-refractivity contribution in [1.82, 2.24) is 4.98 Å². The van der Waals surface area contributed by atoms with Gasteiger partial charge in [-0.05, 0) is 6.07 Å². The maximum atomic E-state index is 10.0. The van der Waals surface area contributed by atoms with Crippen LogP contribution >= 0.6 is 0 Å². The van der Waals surface area contributed by atoms with Crippen molar-refractivity contribution in [3.63, 3.8) is 0 Å². The SMILES string of the molecule is O=C([O-])c1cccnc1.[Mg+2]. The van der Waals surface area contributed by atoms with Gasteiger partial charge in [0, 0.05) is 18.0 Å². The van der Waals surface area contributed by atoms with Crippen molar-refractivity contribution >= 4 is 29.0 Å². The van der Waals surface area contributed by atoms with Crippen LogP contribution in [0.4, 0.5) is 0 Å². The van der Waals surface area contributed by atoms with Crippen LogP contribution in [-0.4, -0.2) is 34.0 Å². The van der Waals surface area contributed by atoms with Crippen molar-refractivity contribution in [2.24, 2.45) is 0 Å². The van der Waals surface area contributed by atoms with Crippen LogP contribution < -0.4 is 5.11 Å². The molecular weight excluding hydrogens is 142 g/mol. The Hall–Kier alpha value is -0.614. The summed E-state index contributed by atoms with van der Waals surface area (Å²) in [6.07, 6.45) is 2.75. The number of aromatic carboxylic acids is 1. The molecule has 0 unspecified atom stereocenters. The van der Waals surface area contributed by atoms with E-state index in [1.807, 2.05) is 0 Å². The predicted octanol–water partition coefficient (Wildman–Crippen LogP) is -0.936. The molecule has 0 bridgehead atoms. The maximum absolute atomic E-state index is 10.0. The van der Waals surface area contributed by atoms with Crippen molar-refractivity contribution in [3.8, 4) is 0 Å². The van der Waals surface area contributed by atoms with Crippen molar-refractivity contribution in [3.05, 3.63) is 30.1 Å². The summed E-state index contributed by atoms with van der Waals surface area (Å²) in [5.74, 6) is -1.19. The van der Waals surface area contributed by atoms with E-state index < -0.39 is 5.97 Å². The van der Waals surface area contributed by atoms with Gasteiger partial charge >= 0.3 is 23.1 Å². The zero-order valence-corrected chi connectivity index (χ0v) is 6.69. The van der Waals surface area contributed by atoms with Crippen molar-refractivity contribution < 1.29 is 9.90 Å². The molecule has 3 nitrogen and oxygen atoms in total. The van der Waals surface area contributed by atoms with Gasteiger partial charge < -0.3 is 9.90 Å². The fourth-order valence-electron chi connectivity index (χ4n) is 0.484. The predicted molar refractivity (Wildman–Crippen MR) is 34.3 cm³/mol. The third kappa shape index (κ3) is 2.32. The molecule has 1 rings (SSSR count). The molecule has 46 valence electrons. The average Bonchev–Trinajstić information content (AvgIpc) is 1.90. The summed E-state index contributed by atoms with van der Waals surface area (Å²) in [4.78, 5) is 13.6. The molecule has 0 saturated heterocycles. The first-order valence-electron chi connectivity index (χ1n) is 2.42. The Balaban J connectivity index is 0.000000810. The first kappa shape index (κ1) is 9.39. The van der Waals surface area contributed by atoms with Crippen molar-refractivity contribution in [1.29, 1.82) is 0 Å². The molecule has 0 atom stereocenters. The number of rotatable bonds is 1.